The molecular weight excluding hydrogens is 629 g/mol. The number of pyridine rings is 1. The summed E-state index contributed by atoms with van der Waals surface area (Å²) < 4.78 is 45.8. The third kappa shape index (κ3) is 7.32. The highest BCUT2D eigenvalue weighted by Crippen LogP contribution is 2.28. The fourth-order valence-corrected chi connectivity index (χ4v) is 5.38. The largest absolute Gasteiger partial charge is 0.455 e. The van der Waals surface area contributed by atoms with Crippen LogP contribution in [0.3, 0.4) is 0 Å². The summed E-state index contributed by atoms with van der Waals surface area (Å²) >= 11 is 6.35. The van der Waals surface area contributed by atoms with E-state index in [-0.39, 0.29) is 57.7 Å². The monoisotopic (exact) mass is 656 g/mol. The van der Waals surface area contributed by atoms with Gasteiger partial charge in [0.2, 0.25) is 0 Å². The number of hydrogen-bond donors (Lipinski definition) is 2. The first-order valence-electron chi connectivity index (χ1n) is 14.3. The van der Waals surface area contributed by atoms with Crippen LogP contribution >= 0.6 is 11.6 Å². The number of benzene rings is 1. The number of nitriles is 1. The molecule has 0 radical (unpaired) electrons. The normalized spacial score (nSPS) is 16.5. The number of aryl methyl sites for hydroxylation is 1. The molecule has 0 bridgehead atoms. The van der Waals surface area contributed by atoms with Crippen molar-refractivity contribution in [3.05, 3.63) is 75.5 Å². The Morgan fingerprint density at radius 2 is 1.91 bits per heavy atom. The van der Waals surface area contributed by atoms with Crippen molar-refractivity contribution >= 4 is 29.1 Å². The van der Waals surface area contributed by atoms with E-state index in [4.69, 9.17) is 16.3 Å². The lowest BCUT2D eigenvalue weighted by Gasteiger charge is -2.29. The highest BCUT2D eigenvalue weighted by Gasteiger charge is 2.37. The second-order valence-corrected chi connectivity index (χ2v) is 11.0. The van der Waals surface area contributed by atoms with Crippen molar-refractivity contribution in [1.82, 2.24) is 40.3 Å². The molecule has 0 unspecified atom stereocenters. The van der Waals surface area contributed by atoms with Gasteiger partial charge in [-0.2, -0.15) is 28.3 Å². The van der Waals surface area contributed by atoms with Crippen LogP contribution in [0.15, 0.2) is 36.5 Å². The fraction of sp³-hybridized carbons (Fsp3) is 0.379. The molecule has 2 amide bonds. The summed E-state index contributed by atoms with van der Waals surface area (Å²) in [6.07, 6.45) is -0.205. The smallest absolute Gasteiger partial charge is 0.379 e. The molecule has 1 saturated carbocycles. The maximum absolute atomic E-state index is 13.8. The Morgan fingerprint density at radius 1 is 1.15 bits per heavy atom. The second-order valence-electron chi connectivity index (χ2n) is 10.6. The minimum absolute atomic E-state index is 0.0697. The van der Waals surface area contributed by atoms with Gasteiger partial charge in [-0.3, -0.25) is 9.59 Å². The number of carbonyl (C=O) groups is 2. The Kier molecular flexibility index (Phi) is 9.63. The SMILES string of the molecule is CCOC1CCC(NC(=O)c2cc(C#N)cc(C)c2NC(=O)c2cc(Cn3nnc(C(F)(F)F)n3)nn2-c2ncccc2Cl)CC1. The lowest BCUT2D eigenvalue weighted by Crippen LogP contribution is -2.39. The lowest BCUT2D eigenvalue weighted by molar-refractivity contribution is -0.145. The van der Waals surface area contributed by atoms with E-state index in [1.54, 1.807) is 13.0 Å². The molecule has 0 atom stereocenters. The molecule has 1 aliphatic carbocycles. The zero-order valence-corrected chi connectivity index (χ0v) is 25.4. The van der Waals surface area contributed by atoms with Gasteiger partial charge in [0.15, 0.2) is 5.82 Å². The number of nitrogens with zero attached hydrogens (tertiary/aromatic N) is 8. The van der Waals surface area contributed by atoms with Crippen molar-refractivity contribution in [2.24, 2.45) is 0 Å². The van der Waals surface area contributed by atoms with Crippen LogP contribution < -0.4 is 10.6 Å². The number of nitrogens with one attached hydrogen (secondary N) is 2. The maximum Gasteiger partial charge on any atom is 0.455 e. The van der Waals surface area contributed by atoms with Gasteiger partial charge in [0.25, 0.3) is 17.6 Å². The van der Waals surface area contributed by atoms with Crippen LogP contribution in [0, 0.1) is 18.3 Å². The summed E-state index contributed by atoms with van der Waals surface area (Å²) in [5.74, 6) is -2.56. The van der Waals surface area contributed by atoms with E-state index in [1.165, 1.54) is 30.5 Å². The van der Waals surface area contributed by atoms with Gasteiger partial charge in [0.1, 0.15) is 12.2 Å². The molecule has 1 aromatic carbocycles. The Morgan fingerprint density at radius 3 is 2.57 bits per heavy atom. The number of ether oxygens (including phenoxy) is 1. The Labute approximate surface area is 265 Å². The van der Waals surface area contributed by atoms with E-state index in [2.05, 4.69) is 36.1 Å². The molecule has 2 N–H and O–H groups in total. The number of amides is 2. The van der Waals surface area contributed by atoms with Crippen molar-refractivity contribution in [3.63, 3.8) is 0 Å². The minimum atomic E-state index is -4.80. The summed E-state index contributed by atoms with van der Waals surface area (Å²) in [7, 11) is 0. The zero-order chi connectivity index (χ0) is 33.0. The first kappa shape index (κ1) is 32.5. The molecule has 3 heterocycles. The van der Waals surface area contributed by atoms with Gasteiger partial charge in [0, 0.05) is 18.8 Å². The molecular formula is C29H28ClF3N10O3. The molecule has 0 saturated heterocycles. The van der Waals surface area contributed by atoms with Crippen molar-refractivity contribution < 1.29 is 27.5 Å². The predicted octanol–water partition coefficient (Wildman–Crippen LogP) is 4.48. The number of carbonyl (C=O) groups excluding carboxylic acids is 2. The predicted molar refractivity (Wildman–Crippen MR) is 157 cm³/mol. The van der Waals surface area contributed by atoms with Crippen LogP contribution in [0.25, 0.3) is 5.82 Å². The molecule has 4 aromatic rings. The molecule has 240 valence electrons. The van der Waals surface area contributed by atoms with E-state index < -0.39 is 23.8 Å². The second kappa shape index (κ2) is 13.6. The van der Waals surface area contributed by atoms with E-state index >= 15 is 0 Å². The summed E-state index contributed by atoms with van der Waals surface area (Å²) in [5, 5.41) is 29.6. The third-order valence-corrected chi connectivity index (χ3v) is 7.60. The summed E-state index contributed by atoms with van der Waals surface area (Å²) in [5.41, 5.74) is 0.925. The highest BCUT2D eigenvalue weighted by atomic mass is 35.5. The van der Waals surface area contributed by atoms with Crippen molar-refractivity contribution in [2.45, 2.75) is 64.4 Å². The Bertz CT molecular complexity index is 1790. The first-order chi connectivity index (χ1) is 22.0. The summed E-state index contributed by atoms with van der Waals surface area (Å²) in [6.45, 7) is 3.84. The molecule has 5 rings (SSSR count). The van der Waals surface area contributed by atoms with E-state index in [9.17, 15) is 28.0 Å². The van der Waals surface area contributed by atoms with Crippen LogP contribution in [0.5, 0.6) is 0 Å². The maximum atomic E-state index is 13.8. The van der Waals surface area contributed by atoms with Gasteiger partial charge in [0.05, 0.1) is 39.7 Å². The van der Waals surface area contributed by atoms with Gasteiger partial charge < -0.3 is 15.4 Å². The molecule has 17 heteroatoms. The van der Waals surface area contributed by atoms with E-state index in [0.717, 1.165) is 17.5 Å². The van der Waals surface area contributed by atoms with Crippen LogP contribution in [0.4, 0.5) is 18.9 Å². The van der Waals surface area contributed by atoms with Gasteiger partial charge >= 0.3 is 6.18 Å². The molecule has 46 heavy (non-hydrogen) atoms. The third-order valence-electron chi connectivity index (χ3n) is 7.30. The molecule has 1 aliphatic rings. The number of tetrazole rings is 1. The minimum Gasteiger partial charge on any atom is -0.379 e. The van der Waals surface area contributed by atoms with Crippen molar-refractivity contribution in [3.8, 4) is 11.9 Å². The van der Waals surface area contributed by atoms with Crippen LogP contribution in [-0.4, -0.2) is 65.5 Å². The number of alkyl halides is 3. The van der Waals surface area contributed by atoms with Crippen LogP contribution in [0.2, 0.25) is 5.02 Å². The van der Waals surface area contributed by atoms with Gasteiger partial charge in [-0.25, -0.2) is 9.67 Å². The average molecular weight is 657 g/mol. The lowest BCUT2D eigenvalue weighted by atomic mass is 9.92. The Hall–Kier alpha value is -4.88. The summed E-state index contributed by atoms with van der Waals surface area (Å²) in [4.78, 5) is 32.3. The van der Waals surface area contributed by atoms with Crippen molar-refractivity contribution in [1.29, 1.82) is 5.26 Å². The first-order valence-corrected chi connectivity index (χ1v) is 14.7. The number of rotatable bonds is 9. The standard InChI is InChI=1S/C29H28ClF3N10O3/c1-3-46-20-8-6-18(7-9-20)36-26(44)21-12-17(14-34)11-16(2)24(21)37-27(45)23-13-19(15-42-40-28(38-41-42)29(31,32)33)39-43(23)25-22(30)5-4-10-35-25/h4-5,10-13,18,20H,3,6-9,15H2,1-2H3,(H,36,44)(H,37,45). The van der Waals surface area contributed by atoms with Crippen LogP contribution in [0.1, 0.15) is 76.1 Å². The number of aromatic nitrogens is 7. The fourth-order valence-electron chi connectivity index (χ4n) is 5.18. The van der Waals surface area contributed by atoms with E-state index in [1.807, 2.05) is 13.0 Å². The number of anilines is 1. The van der Waals surface area contributed by atoms with E-state index in [0.29, 0.717) is 29.8 Å². The molecule has 3 aromatic heterocycles. The number of hydrogen-bond acceptors (Lipinski definition) is 9. The highest BCUT2D eigenvalue weighted by molar-refractivity contribution is 6.32. The molecule has 0 aliphatic heterocycles. The average Bonchev–Trinajstić information content (AvgIpc) is 3.67. The zero-order valence-electron chi connectivity index (χ0n) is 24.7. The molecule has 0 spiro atoms. The molecule has 13 nitrogen and oxygen atoms in total. The van der Waals surface area contributed by atoms with Gasteiger partial charge in [-0.1, -0.05) is 11.6 Å². The van der Waals surface area contributed by atoms with Gasteiger partial charge in [-0.05, 0) is 80.6 Å². The quantitative estimate of drug-likeness (QED) is 0.264. The summed E-state index contributed by atoms with van der Waals surface area (Å²) in [6, 6.07) is 9.27. The number of halogens is 4. The van der Waals surface area contributed by atoms with Crippen LogP contribution in [-0.2, 0) is 17.5 Å². The van der Waals surface area contributed by atoms with Gasteiger partial charge in [-0.15, -0.1) is 10.2 Å². The molecule has 1 fully saturated rings. The Balaban J connectivity index is 1.45. The van der Waals surface area contributed by atoms with Crippen molar-refractivity contribution in [2.75, 3.05) is 11.9 Å². The topological polar surface area (TPSA) is 166 Å².